The van der Waals surface area contributed by atoms with Crippen molar-refractivity contribution in [3.8, 4) is 0 Å². The van der Waals surface area contributed by atoms with Crippen molar-refractivity contribution in [1.82, 2.24) is 19.7 Å². The molecule has 2 heterocycles. The van der Waals surface area contributed by atoms with Gasteiger partial charge in [-0.1, -0.05) is 11.6 Å². The van der Waals surface area contributed by atoms with E-state index in [1.54, 1.807) is 11.9 Å². The molecule has 10 heteroatoms. The largest absolute Gasteiger partial charge is 0.322 e. The number of hydrogen-bond acceptors (Lipinski definition) is 4. The summed E-state index contributed by atoms with van der Waals surface area (Å²) in [6.07, 6.45) is 1.23. The highest BCUT2D eigenvalue weighted by Crippen LogP contribution is 2.25. The Bertz CT molecular complexity index is 962. The van der Waals surface area contributed by atoms with Gasteiger partial charge in [-0.2, -0.15) is 5.10 Å². The summed E-state index contributed by atoms with van der Waals surface area (Å²) in [4.78, 5) is 30.8. The fraction of sp³-hybridized carbons (Fsp3) is 0.450. The van der Waals surface area contributed by atoms with Gasteiger partial charge in [0.05, 0.1) is 23.8 Å². The summed E-state index contributed by atoms with van der Waals surface area (Å²) in [6.45, 7) is 7.08. The number of amides is 3. The molecule has 0 spiro atoms. The van der Waals surface area contributed by atoms with Crippen LogP contribution in [0.3, 0.4) is 0 Å². The van der Waals surface area contributed by atoms with E-state index in [0.29, 0.717) is 38.2 Å². The number of nitrogens with zero attached hydrogens (tertiary/aromatic N) is 4. The molecule has 0 aliphatic carbocycles. The fourth-order valence-corrected chi connectivity index (χ4v) is 3.65. The molecule has 1 N–H and O–H groups in total. The average molecular weight is 438 g/mol. The minimum Gasteiger partial charge on any atom is -0.320 e. The highest BCUT2D eigenvalue weighted by Gasteiger charge is 2.29. The van der Waals surface area contributed by atoms with Crippen LogP contribution in [-0.2, 0) is 29.1 Å². The van der Waals surface area contributed by atoms with Gasteiger partial charge in [0, 0.05) is 37.0 Å². The molecule has 2 aromatic rings. The Morgan fingerprint density at radius 3 is 2.87 bits per heavy atom. The molecule has 0 bridgehead atoms. The van der Waals surface area contributed by atoms with Gasteiger partial charge in [-0.25, -0.2) is 14.2 Å². The molecule has 0 atom stereocenters. The second-order valence-corrected chi connectivity index (χ2v) is 8.31. The van der Waals surface area contributed by atoms with Crippen LogP contribution < -0.4 is 5.32 Å². The van der Waals surface area contributed by atoms with E-state index in [2.05, 4.69) is 10.4 Å². The maximum absolute atomic E-state index is 13.3. The number of fused-ring (bicyclic) bond motifs is 1. The molecule has 30 heavy (non-hydrogen) atoms. The zero-order chi connectivity index (χ0) is 22.1. The third kappa shape index (κ3) is 4.91. The highest BCUT2D eigenvalue weighted by molar-refractivity contribution is 6.31. The van der Waals surface area contributed by atoms with Gasteiger partial charge in [0.15, 0.2) is 0 Å². The summed E-state index contributed by atoms with van der Waals surface area (Å²) in [5.41, 5.74) is 2.67. The van der Waals surface area contributed by atoms with Crippen LogP contribution in [0.5, 0.6) is 0 Å². The van der Waals surface area contributed by atoms with Crippen molar-refractivity contribution in [3.05, 3.63) is 46.0 Å². The van der Waals surface area contributed by atoms with Crippen LogP contribution >= 0.6 is 11.6 Å². The summed E-state index contributed by atoms with van der Waals surface area (Å²) in [5.74, 6) is -0.536. The number of aromatic nitrogens is 2. The smallest absolute Gasteiger partial charge is 0.320 e. The van der Waals surface area contributed by atoms with Gasteiger partial charge < -0.3 is 10.2 Å². The zero-order valence-corrected chi connectivity index (χ0v) is 18.2. The number of carbonyl (C=O) groups excluding carboxylic acids is 2. The Labute approximate surface area is 179 Å². The topological polar surface area (TPSA) is 79.7 Å². The van der Waals surface area contributed by atoms with E-state index in [1.165, 1.54) is 18.2 Å². The molecule has 1 aromatic heterocycles. The van der Waals surface area contributed by atoms with Crippen molar-refractivity contribution in [1.29, 1.82) is 0 Å². The third-order valence-corrected chi connectivity index (χ3v) is 5.20. The number of anilines is 1. The van der Waals surface area contributed by atoms with Crippen molar-refractivity contribution in [3.63, 3.8) is 0 Å². The lowest BCUT2D eigenvalue weighted by Gasteiger charge is -2.28. The van der Waals surface area contributed by atoms with E-state index in [0.717, 1.165) is 22.0 Å². The molecule has 0 unspecified atom stereocenters. The molecule has 1 aromatic carbocycles. The first-order chi connectivity index (χ1) is 14.1. The number of rotatable bonds is 6. The number of benzene rings is 1. The van der Waals surface area contributed by atoms with Crippen LogP contribution in [0, 0.1) is 12.7 Å². The summed E-state index contributed by atoms with van der Waals surface area (Å²) in [5, 5.41) is 8.52. The Hall–Kier alpha value is -2.65. The quantitative estimate of drug-likeness (QED) is 0.555. The standard InChI is InChI=1S/C20H25ClFN5O3/c1-13-15-10-26(19(29)23-14-5-6-17(22)16(21)9-14)8-7-18(15)24-27(13)11-20(2,3)30-25(4)12-28/h5-6,9,12H,7-8,10-11H2,1-4H3,(H,23,29). The van der Waals surface area contributed by atoms with E-state index in [1.807, 2.05) is 25.5 Å². The summed E-state index contributed by atoms with van der Waals surface area (Å²) in [6, 6.07) is 3.78. The van der Waals surface area contributed by atoms with E-state index < -0.39 is 11.4 Å². The van der Waals surface area contributed by atoms with E-state index >= 15 is 0 Å². The van der Waals surface area contributed by atoms with E-state index in [9.17, 15) is 14.0 Å². The van der Waals surface area contributed by atoms with Crippen LogP contribution in [0.15, 0.2) is 18.2 Å². The normalized spacial score (nSPS) is 13.7. The molecule has 0 radical (unpaired) electrons. The van der Waals surface area contributed by atoms with Gasteiger partial charge in [0.2, 0.25) is 6.41 Å². The predicted molar refractivity (Wildman–Crippen MR) is 110 cm³/mol. The molecule has 1 aliphatic heterocycles. The molecular formula is C20H25ClFN5O3. The van der Waals surface area contributed by atoms with Crippen LogP contribution in [0.2, 0.25) is 5.02 Å². The van der Waals surface area contributed by atoms with Crippen molar-refractivity contribution < 1.29 is 18.8 Å². The van der Waals surface area contributed by atoms with E-state index in [4.69, 9.17) is 16.4 Å². The van der Waals surface area contributed by atoms with Crippen LogP contribution in [-0.4, -0.2) is 51.4 Å². The summed E-state index contributed by atoms with van der Waals surface area (Å²) < 4.78 is 15.2. The second-order valence-electron chi connectivity index (χ2n) is 7.90. The minimum atomic E-state index is -0.645. The predicted octanol–water partition coefficient (Wildman–Crippen LogP) is 3.37. The third-order valence-electron chi connectivity index (χ3n) is 4.91. The molecule has 3 rings (SSSR count). The molecule has 0 saturated heterocycles. The first-order valence-electron chi connectivity index (χ1n) is 9.53. The van der Waals surface area contributed by atoms with Gasteiger partial charge in [-0.3, -0.25) is 14.3 Å². The maximum Gasteiger partial charge on any atom is 0.322 e. The lowest BCUT2D eigenvalue weighted by Crippen LogP contribution is -2.38. The average Bonchev–Trinajstić information content (AvgIpc) is 2.98. The molecule has 8 nitrogen and oxygen atoms in total. The van der Waals surface area contributed by atoms with Crippen LogP contribution in [0.25, 0.3) is 0 Å². The Kier molecular flexibility index (Phi) is 6.33. The van der Waals surface area contributed by atoms with Crippen molar-refractivity contribution in [2.45, 2.75) is 45.9 Å². The Morgan fingerprint density at radius 2 is 2.20 bits per heavy atom. The van der Waals surface area contributed by atoms with Crippen molar-refractivity contribution in [2.24, 2.45) is 0 Å². The number of urea groups is 1. The number of nitrogens with one attached hydrogen (secondary N) is 1. The highest BCUT2D eigenvalue weighted by atomic mass is 35.5. The number of halogens is 2. The number of hydroxylamine groups is 2. The van der Waals surface area contributed by atoms with Crippen molar-refractivity contribution >= 4 is 29.7 Å². The zero-order valence-electron chi connectivity index (χ0n) is 17.4. The fourth-order valence-electron chi connectivity index (χ4n) is 3.47. The molecule has 1 aliphatic rings. The van der Waals surface area contributed by atoms with Gasteiger partial charge in [-0.05, 0) is 39.0 Å². The number of hydrogen-bond donors (Lipinski definition) is 1. The van der Waals surface area contributed by atoms with Gasteiger partial charge in [0.25, 0.3) is 0 Å². The Morgan fingerprint density at radius 1 is 1.47 bits per heavy atom. The first-order valence-corrected chi connectivity index (χ1v) is 9.91. The number of carbonyl (C=O) groups is 2. The van der Waals surface area contributed by atoms with Gasteiger partial charge >= 0.3 is 6.03 Å². The summed E-state index contributed by atoms with van der Waals surface area (Å²) >= 11 is 5.78. The molecule has 0 saturated carbocycles. The minimum absolute atomic E-state index is 0.0455. The summed E-state index contributed by atoms with van der Waals surface area (Å²) in [7, 11) is 1.54. The molecule has 3 amide bonds. The van der Waals surface area contributed by atoms with E-state index in [-0.39, 0.29) is 11.1 Å². The molecule has 162 valence electrons. The molecule has 0 fully saturated rings. The van der Waals surface area contributed by atoms with Crippen LogP contribution in [0.1, 0.15) is 30.8 Å². The monoisotopic (exact) mass is 437 g/mol. The molecular weight excluding hydrogens is 413 g/mol. The Balaban J connectivity index is 1.70. The lowest BCUT2D eigenvalue weighted by molar-refractivity contribution is -0.214. The van der Waals surface area contributed by atoms with Crippen LogP contribution in [0.4, 0.5) is 14.9 Å². The SMILES string of the molecule is Cc1c2c(nn1CC(C)(C)ON(C)C=O)CCN(C(=O)Nc1ccc(F)c(Cl)c1)C2. The van der Waals surface area contributed by atoms with Crippen molar-refractivity contribution in [2.75, 3.05) is 18.9 Å². The van der Waals surface area contributed by atoms with Gasteiger partial charge in [0.1, 0.15) is 11.4 Å². The van der Waals surface area contributed by atoms with Gasteiger partial charge in [-0.15, -0.1) is 0 Å². The maximum atomic E-state index is 13.3. The lowest BCUT2D eigenvalue weighted by atomic mass is 10.1. The first kappa shape index (κ1) is 22.0. The second kappa shape index (κ2) is 8.61.